The highest BCUT2D eigenvalue weighted by atomic mass is 35.5. The predicted molar refractivity (Wildman–Crippen MR) is 62.1 cm³/mol. The van der Waals surface area contributed by atoms with Crippen LogP contribution in [-0.4, -0.2) is 0 Å². The van der Waals surface area contributed by atoms with Crippen molar-refractivity contribution in [3.05, 3.63) is 22.3 Å². The summed E-state index contributed by atoms with van der Waals surface area (Å²) in [4.78, 5) is 0. The average molecular weight is 201 g/mol. The van der Waals surface area contributed by atoms with E-state index in [2.05, 4.69) is 33.8 Å². The van der Waals surface area contributed by atoms with Crippen molar-refractivity contribution >= 4 is 11.6 Å². The molecule has 0 aromatic rings. The molecule has 0 bridgehead atoms. The highest BCUT2D eigenvalue weighted by Crippen LogP contribution is 2.25. The molecule has 0 aromatic carbocycles. The molecule has 0 saturated heterocycles. The van der Waals surface area contributed by atoms with E-state index in [4.69, 9.17) is 11.6 Å². The lowest BCUT2D eigenvalue weighted by Crippen LogP contribution is -1.90. The summed E-state index contributed by atoms with van der Waals surface area (Å²) in [5.74, 6) is 0. The Morgan fingerprint density at radius 3 is 1.92 bits per heavy atom. The van der Waals surface area contributed by atoms with Crippen LogP contribution >= 0.6 is 11.6 Å². The van der Waals surface area contributed by atoms with Crippen LogP contribution in [0.3, 0.4) is 0 Å². The minimum absolute atomic E-state index is 0.950. The maximum Gasteiger partial charge on any atom is 0.0212 e. The Morgan fingerprint density at radius 1 is 1.00 bits per heavy atom. The molecule has 1 heteroatoms. The molecular weight excluding hydrogens is 180 g/mol. The van der Waals surface area contributed by atoms with E-state index in [9.17, 15) is 0 Å². The lowest BCUT2D eigenvalue weighted by Gasteiger charge is -2.10. The van der Waals surface area contributed by atoms with E-state index in [-0.39, 0.29) is 0 Å². The lowest BCUT2D eigenvalue weighted by atomic mass is 9.99. The molecule has 0 aliphatic heterocycles. The van der Waals surface area contributed by atoms with Crippen molar-refractivity contribution in [1.82, 2.24) is 0 Å². The first-order chi connectivity index (χ1) is 6.21. The molecule has 0 atom stereocenters. The largest absolute Gasteiger partial charge is 0.0889 e. The number of rotatable bonds is 5. The fourth-order valence-electron chi connectivity index (χ4n) is 1.53. The van der Waals surface area contributed by atoms with E-state index in [0.717, 1.165) is 30.7 Å². The molecular formula is C12H21Cl. The molecule has 76 valence electrons. The topological polar surface area (TPSA) is 0 Å². The van der Waals surface area contributed by atoms with Crippen molar-refractivity contribution in [2.45, 2.75) is 53.4 Å². The van der Waals surface area contributed by atoms with Crippen molar-refractivity contribution in [3.8, 4) is 0 Å². The van der Waals surface area contributed by atoms with Crippen molar-refractivity contribution < 1.29 is 0 Å². The van der Waals surface area contributed by atoms with Crippen LogP contribution in [0.15, 0.2) is 22.3 Å². The zero-order valence-corrected chi connectivity index (χ0v) is 10.0. The Morgan fingerprint density at radius 2 is 1.62 bits per heavy atom. The van der Waals surface area contributed by atoms with Crippen LogP contribution in [0.5, 0.6) is 0 Å². The average Bonchev–Trinajstić information content (AvgIpc) is 2.17. The van der Waals surface area contributed by atoms with Gasteiger partial charge < -0.3 is 0 Å². The van der Waals surface area contributed by atoms with Gasteiger partial charge in [0.2, 0.25) is 0 Å². The Kier molecular flexibility index (Phi) is 7.07. The van der Waals surface area contributed by atoms with Gasteiger partial charge in [-0.15, -0.1) is 0 Å². The van der Waals surface area contributed by atoms with E-state index in [1.165, 1.54) is 11.1 Å². The Hall–Kier alpha value is -0.230. The monoisotopic (exact) mass is 200 g/mol. The first kappa shape index (κ1) is 12.8. The van der Waals surface area contributed by atoms with Crippen LogP contribution in [0, 0.1) is 0 Å². The molecule has 0 unspecified atom stereocenters. The molecule has 0 aromatic heterocycles. The van der Waals surface area contributed by atoms with Crippen LogP contribution in [0.1, 0.15) is 53.4 Å². The fourth-order valence-corrected chi connectivity index (χ4v) is 1.79. The van der Waals surface area contributed by atoms with E-state index in [0.29, 0.717) is 0 Å². The molecule has 0 rings (SSSR count). The molecule has 0 nitrogen and oxygen atoms in total. The van der Waals surface area contributed by atoms with E-state index >= 15 is 0 Å². The minimum atomic E-state index is 0.950. The second-order valence-corrected chi connectivity index (χ2v) is 3.54. The summed E-state index contributed by atoms with van der Waals surface area (Å²) in [7, 11) is 0. The summed E-state index contributed by atoms with van der Waals surface area (Å²) in [6.07, 6.45) is 6.47. The Labute approximate surface area is 87.7 Å². The van der Waals surface area contributed by atoms with Gasteiger partial charge in [-0.2, -0.15) is 0 Å². The SMILES string of the molecule is CCC=C(CC)/C(CC)=C(\Cl)CC. The van der Waals surface area contributed by atoms with Crippen LogP contribution in [-0.2, 0) is 0 Å². The summed E-state index contributed by atoms with van der Waals surface area (Å²) in [6, 6.07) is 0. The highest BCUT2D eigenvalue weighted by molar-refractivity contribution is 6.30. The smallest absolute Gasteiger partial charge is 0.0212 e. The molecule has 0 fully saturated rings. The normalized spacial score (nSPS) is 14.4. The summed E-state index contributed by atoms with van der Waals surface area (Å²) in [5.41, 5.74) is 2.78. The number of hydrogen-bond donors (Lipinski definition) is 0. The van der Waals surface area contributed by atoms with Gasteiger partial charge in [-0.25, -0.2) is 0 Å². The maximum absolute atomic E-state index is 6.18. The van der Waals surface area contributed by atoms with Crippen LogP contribution < -0.4 is 0 Å². The first-order valence-corrected chi connectivity index (χ1v) is 5.65. The van der Waals surface area contributed by atoms with Crippen molar-refractivity contribution in [3.63, 3.8) is 0 Å². The van der Waals surface area contributed by atoms with Crippen LogP contribution in [0.25, 0.3) is 0 Å². The molecule has 0 N–H and O–H groups in total. The van der Waals surface area contributed by atoms with Crippen molar-refractivity contribution in [1.29, 1.82) is 0 Å². The summed E-state index contributed by atoms with van der Waals surface area (Å²) in [5, 5.41) is 1.03. The Bertz CT molecular complexity index is 199. The minimum Gasteiger partial charge on any atom is -0.0889 e. The Balaban J connectivity index is 4.83. The van der Waals surface area contributed by atoms with Gasteiger partial charge >= 0.3 is 0 Å². The van der Waals surface area contributed by atoms with Crippen LogP contribution in [0.2, 0.25) is 0 Å². The van der Waals surface area contributed by atoms with Gasteiger partial charge in [0.05, 0.1) is 0 Å². The van der Waals surface area contributed by atoms with E-state index in [1.54, 1.807) is 0 Å². The van der Waals surface area contributed by atoms with Crippen LogP contribution in [0.4, 0.5) is 0 Å². The highest BCUT2D eigenvalue weighted by Gasteiger charge is 2.04. The molecule has 13 heavy (non-hydrogen) atoms. The number of halogens is 1. The molecule has 0 radical (unpaired) electrons. The quantitative estimate of drug-likeness (QED) is 0.545. The molecule has 0 aliphatic carbocycles. The fraction of sp³-hybridized carbons (Fsp3) is 0.667. The zero-order valence-electron chi connectivity index (χ0n) is 9.28. The molecule has 0 amide bonds. The predicted octanol–water partition coefficient (Wildman–Crippen LogP) is 5.05. The number of hydrogen-bond acceptors (Lipinski definition) is 0. The third kappa shape index (κ3) is 3.99. The third-order valence-corrected chi connectivity index (χ3v) is 2.71. The second-order valence-electron chi connectivity index (χ2n) is 3.08. The van der Waals surface area contributed by atoms with E-state index in [1.807, 2.05) is 0 Å². The molecule has 0 heterocycles. The standard InChI is InChI=1S/C12H21Cl/c1-5-9-10(6-2)11(7-3)12(13)8-4/h9H,5-8H2,1-4H3/b10-9?,12-11-. The van der Waals surface area contributed by atoms with Crippen molar-refractivity contribution in [2.75, 3.05) is 0 Å². The lowest BCUT2D eigenvalue weighted by molar-refractivity contribution is 0.977. The van der Waals surface area contributed by atoms with Crippen molar-refractivity contribution in [2.24, 2.45) is 0 Å². The van der Waals surface area contributed by atoms with Gasteiger partial charge in [0, 0.05) is 5.03 Å². The number of allylic oxidation sites excluding steroid dienone is 4. The van der Waals surface area contributed by atoms with Gasteiger partial charge in [0.25, 0.3) is 0 Å². The van der Waals surface area contributed by atoms with Gasteiger partial charge in [0.1, 0.15) is 0 Å². The second kappa shape index (κ2) is 7.20. The third-order valence-electron chi connectivity index (χ3n) is 2.21. The first-order valence-electron chi connectivity index (χ1n) is 5.27. The maximum atomic E-state index is 6.18. The zero-order chi connectivity index (χ0) is 10.3. The van der Waals surface area contributed by atoms with Gasteiger partial charge in [0.15, 0.2) is 0 Å². The van der Waals surface area contributed by atoms with E-state index < -0.39 is 0 Å². The van der Waals surface area contributed by atoms with Gasteiger partial charge in [-0.3, -0.25) is 0 Å². The summed E-state index contributed by atoms with van der Waals surface area (Å²) < 4.78 is 0. The van der Waals surface area contributed by atoms with Gasteiger partial charge in [-0.05, 0) is 36.8 Å². The molecule has 0 spiro atoms. The molecule has 0 aliphatic rings. The summed E-state index contributed by atoms with van der Waals surface area (Å²) >= 11 is 6.18. The summed E-state index contributed by atoms with van der Waals surface area (Å²) in [6.45, 7) is 8.64. The molecule has 0 saturated carbocycles. The van der Waals surface area contributed by atoms with Gasteiger partial charge in [-0.1, -0.05) is 45.4 Å².